The fraction of sp³-hybridized carbons (Fsp3) is 0.500. The second-order valence-electron chi connectivity index (χ2n) is 6.04. The number of likely N-dealkylation sites (N-methyl/N-ethyl adjacent to an activating group) is 1. The molecule has 112 valence electrons. The SMILES string of the molecule is CN(CC1(O)CCCC1)C(=O)Cn1ncc2ccccc21. The first-order chi connectivity index (χ1) is 10.1. The second-order valence-corrected chi connectivity index (χ2v) is 6.04. The first-order valence-electron chi connectivity index (χ1n) is 7.44. The van der Waals surface area contributed by atoms with Crippen LogP contribution in [0.15, 0.2) is 30.5 Å². The summed E-state index contributed by atoms with van der Waals surface area (Å²) < 4.78 is 1.72. The topological polar surface area (TPSA) is 58.4 Å². The van der Waals surface area contributed by atoms with Crippen LogP contribution in [0.4, 0.5) is 0 Å². The number of rotatable bonds is 4. The maximum atomic E-state index is 12.3. The number of aliphatic hydroxyl groups is 1. The highest BCUT2D eigenvalue weighted by atomic mass is 16.3. The van der Waals surface area contributed by atoms with E-state index in [2.05, 4.69) is 5.10 Å². The van der Waals surface area contributed by atoms with E-state index in [0.717, 1.165) is 36.6 Å². The van der Waals surface area contributed by atoms with Crippen LogP contribution in [-0.2, 0) is 11.3 Å². The highest BCUT2D eigenvalue weighted by Crippen LogP contribution is 2.29. The second kappa shape index (κ2) is 5.48. The van der Waals surface area contributed by atoms with Crippen molar-refractivity contribution in [3.8, 4) is 0 Å². The molecule has 1 aliphatic carbocycles. The van der Waals surface area contributed by atoms with Gasteiger partial charge in [-0.25, -0.2) is 0 Å². The maximum Gasteiger partial charge on any atom is 0.244 e. The van der Waals surface area contributed by atoms with Gasteiger partial charge in [0.15, 0.2) is 0 Å². The van der Waals surface area contributed by atoms with Gasteiger partial charge in [-0.2, -0.15) is 5.10 Å². The van der Waals surface area contributed by atoms with Gasteiger partial charge in [-0.3, -0.25) is 9.48 Å². The number of nitrogens with zero attached hydrogens (tertiary/aromatic N) is 3. The summed E-state index contributed by atoms with van der Waals surface area (Å²) in [5.41, 5.74) is 0.259. The normalized spacial score (nSPS) is 17.2. The van der Waals surface area contributed by atoms with Crippen LogP contribution in [0, 0.1) is 0 Å². The van der Waals surface area contributed by atoms with Crippen LogP contribution in [0.5, 0.6) is 0 Å². The number of carbonyl (C=O) groups is 1. The number of fused-ring (bicyclic) bond motifs is 1. The number of amides is 1. The van der Waals surface area contributed by atoms with Crippen LogP contribution in [0.1, 0.15) is 25.7 Å². The molecule has 5 nitrogen and oxygen atoms in total. The molecule has 1 aromatic carbocycles. The fourth-order valence-electron chi connectivity index (χ4n) is 3.12. The Labute approximate surface area is 124 Å². The van der Waals surface area contributed by atoms with Crippen molar-refractivity contribution in [2.24, 2.45) is 0 Å². The number of carbonyl (C=O) groups excluding carboxylic acids is 1. The van der Waals surface area contributed by atoms with E-state index in [1.54, 1.807) is 22.8 Å². The summed E-state index contributed by atoms with van der Waals surface area (Å²) in [5.74, 6) is -0.0239. The number of benzene rings is 1. The van der Waals surface area contributed by atoms with Gasteiger partial charge in [0.05, 0.1) is 17.3 Å². The molecule has 1 N–H and O–H groups in total. The average Bonchev–Trinajstić information content (AvgIpc) is 3.06. The van der Waals surface area contributed by atoms with Crippen LogP contribution < -0.4 is 0 Å². The Kier molecular flexibility index (Phi) is 3.68. The molecule has 0 spiro atoms. The Morgan fingerprint density at radius 1 is 1.38 bits per heavy atom. The van der Waals surface area contributed by atoms with Crippen molar-refractivity contribution < 1.29 is 9.90 Å². The highest BCUT2D eigenvalue weighted by molar-refractivity contribution is 5.81. The van der Waals surface area contributed by atoms with E-state index in [-0.39, 0.29) is 12.5 Å². The molecule has 0 unspecified atom stereocenters. The van der Waals surface area contributed by atoms with E-state index in [1.807, 2.05) is 24.3 Å². The summed E-state index contributed by atoms with van der Waals surface area (Å²) in [7, 11) is 1.75. The van der Waals surface area contributed by atoms with Crippen molar-refractivity contribution in [1.29, 1.82) is 0 Å². The largest absolute Gasteiger partial charge is 0.388 e. The van der Waals surface area contributed by atoms with Crippen LogP contribution in [0.3, 0.4) is 0 Å². The maximum absolute atomic E-state index is 12.3. The summed E-state index contributed by atoms with van der Waals surface area (Å²) in [4.78, 5) is 14.0. The zero-order valence-electron chi connectivity index (χ0n) is 12.3. The Balaban J connectivity index is 1.68. The van der Waals surface area contributed by atoms with Gasteiger partial charge < -0.3 is 10.0 Å². The van der Waals surface area contributed by atoms with Crippen LogP contribution in [-0.4, -0.2) is 44.9 Å². The van der Waals surface area contributed by atoms with Gasteiger partial charge in [0.1, 0.15) is 6.54 Å². The van der Waals surface area contributed by atoms with Gasteiger partial charge in [-0.15, -0.1) is 0 Å². The molecule has 0 atom stereocenters. The van der Waals surface area contributed by atoms with Crippen molar-refractivity contribution in [3.63, 3.8) is 0 Å². The summed E-state index contributed by atoms with van der Waals surface area (Å²) in [6.07, 6.45) is 5.43. The third-order valence-corrected chi connectivity index (χ3v) is 4.33. The first-order valence-corrected chi connectivity index (χ1v) is 7.44. The van der Waals surface area contributed by atoms with E-state index in [0.29, 0.717) is 6.54 Å². The van der Waals surface area contributed by atoms with E-state index in [9.17, 15) is 9.90 Å². The standard InChI is InChI=1S/C16H21N3O2/c1-18(12-16(21)8-4-5-9-16)15(20)11-19-14-7-3-2-6-13(14)10-17-19/h2-3,6-7,10,21H,4-5,8-9,11-12H2,1H3. The van der Waals surface area contributed by atoms with Gasteiger partial charge in [0, 0.05) is 19.0 Å². The van der Waals surface area contributed by atoms with Crippen LogP contribution >= 0.6 is 0 Å². The molecule has 0 aliphatic heterocycles. The van der Waals surface area contributed by atoms with Gasteiger partial charge in [0.2, 0.25) is 5.91 Å². The quantitative estimate of drug-likeness (QED) is 0.933. The molecule has 1 fully saturated rings. The number of hydrogen-bond donors (Lipinski definition) is 1. The third kappa shape index (κ3) is 2.93. The molecule has 3 rings (SSSR count). The molecule has 1 aliphatic rings. The predicted molar refractivity (Wildman–Crippen MR) is 80.8 cm³/mol. The minimum Gasteiger partial charge on any atom is -0.388 e. The molecule has 5 heteroatoms. The fourth-order valence-corrected chi connectivity index (χ4v) is 3.12. The smallest absolute Gasteiger partial charge is 0.244 e. The molecular formula is C16H21N3O2. The van der Waals surface area contributed by atoms with Gasteiger partial charge in [-0.1, -0.05) is 31.0 Å². The molecule has 21 heavy (non-hydrogen) atoms. The van der Waals surface area contributed by atoms with Crippen molar-refractivity contribution in [1.82, 2.24) is 14.7 Å². The lowest BCUT2D eigenvalue weighted by Gasteiger charge is -2.28. The predicted octanol–water partition coefficient (Wildman–Crippen LogP) is 1.80. The van der Waals surface area contributed by atoms with Gasteiger partial charge >= 0.3 is 0 Å². The lowest BCUT2D eigenvalue weighted by molar-refractivity contribution is -0.133. The zero-order chi connectivity index (χ0) is 14.9. The number of hydrogen-bond acceptors (Lipinski definition) is 3. The van der Waals surface area contributed by atoms with Crippen LogP contribution in [0.2, 0.25) is 0 Å². The van der Waals surface area contributed by atoms with Crippen molar-refractivity contribution in [2.75, 3.05) is 13.6 Å². The summed E-state index contributed by atoms with van der Waals surface area (Å²) >= 11 is 0. The monoisotopic (exact) mass is 287 g/mol. The molecule has 1 heterocycles. The molecule has 0 radical (unpaired) electrons. The zero-order valence-corrected chi connectivity index (χ0v) is 12.3. The Morgan fingerprint density at radius 3 is 2.86 bits per heavy atom. The third-order valence-electron chi connectivity index (χ3n) is 4.33. The molecule has 2 aromatic rings. The van der Waals surface area contributed by atoms with Crippen LogP contribution in [0.25, 0.3) is 10.9 Å². The number of aromatic nitrogens is 2. The van der Waals surface area contributed by atoms with E-state index >= 15 is 0 Å². The van der Waals surface area contributed by atoms with E-state index in [4.69, 9.17) is 0 Å². The Hall–Kier alpha value is -1.88. The molecule has 1 amide bonds. The summed E-state index contributed by atoms with van der Waals surface area (Å²) in [6, 6.07) is 7.84. The van der Waals surface area contributed by atoms with E-state index in [1.165, 1.54) is 0 Å². The van der Waals surface area contributed by atoms with E-state index < -0.39 is 5.60 Å². The molecular weight excluding hydrogens is 266 g/mol. The summed E-state index contributed by atoms with van der Waals surface area (Å²) in [6.45, 7) is 0.616. The average molecular weight is 287 g/mol. The van der Waals surface area contributed by atoms with Crippen molar-refractivity contribution in [3.05, 3.63) is 30.5 Å². The van der Waals surface area contributed by atoms with Gasteiger partial charge in [0.25, 0.3) is 0 Å². The summed E-state index contributed by atoms with van der Waals surface area (Å²) in [5, 5.41) is 15.7. The minimum absolute atomic E-state index is 0.0239. The number of para-hydroxylation sites is 1. The lowest BCUT2D eigenvalue weighted by Crippen LogP contribution is -2.43. The lowest BCUT2D eigenvalue weighted by atomic mass is 10.0. The molecule has 0 saturated heterocycles. The molecule has 1 saturated carbocycles. The minimum atomic E-state index is -0.698. The Bertz CT molecular complexity index is 644. The van der Waals surface area contributed by atoms with Crippen molar-refractivity contribution >= 4 is 16.8 Å². The molecule has 1 aromatic heterocycles. The highest BCUT2D eigenvalue weighted by Gasteiger charge is 2.33. The van der Waals surface area contributed by atoms with Crippen molar-refractivity contribution in [2.45, 2.75) is 37.8 Å². The van der Waals surface area contributed by atoms with Gasteiger partial charge in [-0.05, 0) is 18.9 Å². The molecule has 0 bridgehead atoms. The Morgan fingerprint density at radius 2 is 2.10 bits per heavy atom. The first kappa shape index (κ1) is 14.1.